The highest BCUT2D eigenvalue weighted by molar-refractivity contribution is 5.90. The monoisotopic (exact) mass is 490 g/mol. The number of rotatable bonds is 8. The Morgan fingerprint density at radius 1 is 0.778 bits per heavy atom. The number of nitrogens with one attached hydrogen (secondary N) is 2. The van der Waals surface area contributed by atoms with E-state index in [1.807, 2.05) is 26.0 Å². The second-order valence-electron chi connectivity index (χ2n) is 10.4. The van der Waals surface area contributed by atoms with Crippen LogP contribution in [0.5, 0.6) is 11.5 Å². The predicted molar refractivity (Wildman–Crippen MR) is 144 cm³/mol. The standard InChI is InChI=1S/C28H38N6O2/c1-17-27(29)33-23-11-21(6-8-25(23)35-17)15-31-13-19-4-3-5-20(10-19)14-32-16-22-7-9-26-24(12-22)34-28(30)18(2)36-26/h6-9,11-12,17-20,31-32H,3-5,10,13-16H2,1-2H3,(H2,29,33)(H2,30,34). The van der Waals surface area contributed by atoms with Crippen LogP contribution in [0, 0.1) is 11.8 Å². The SMILES string of the molecule is CC1Oc2ccc(CNCC3CCCC(CNCc4ccc5c(c4)N=C(N)C(C)O5)C3)cc2N=C1N. The summed E-state index contributed by atoms with van der Waals surface area (Å²) in [4.78, 5) is 8.98. The fourth-order valence-corrected chi connectivity index (χ4v) is 5.30. The van der Waals surface area contributed by atoms with Gasteiger partial charge in [-0.05, 0) is 93.4 Å². The van der Waals surface area contributed by atoms with E-state index in [4.69, 9.17) is 20.9 Å². The fraction of sp³-hybridized carbons (Fsp3) is 0.500. The maximum atomic E-state index is 5.95. The summed E-state index contributed by atoms with van der Waals surface area (Å²) in [5.41, 5.74) is 15.9. The third kappa shape index (κ3) is 5.82. The molecular formula is C28H38N6O2. The van der Waals surface area contributed by atoms with Crippen molar-refractivity contribution in [3.63, 3.8) is 0 Å². The highest BCUT2D eigenvalue weighted by Gasteiger charge is 2.23. The van der Waals surface area contributed by atoms with E-state index in [1.165, 1.54) is 36.8 Å². The molecule has 3 aliphatic rings. The molecule has 8 nitrogen and oxygen atoms in total. The molecule has 6 N–H and O–H groups in total. The van der Waals surface area contributed by atoms with Gasteiger partial charge in [-0.3, -0.25) is 0 Å². The first-order valence-corrected chi connectivity index (χ1v) is 13.1. The van der Waals surface area contributed by atoms with E-state index in [1.54, 1.807) is 0 Å². The summed E-state index contributed by atoms with van der Waals surface area (Å²) in [5.74, 6) is 4.09. The van der Waals surface area contributed by atoms with Crippen LogP contribution >= 0.6 is 0 Å². The summed E-state index contributed by atoms with van der Waals surface area (Å²) in [7, 11) is 0. The van der Waals surface area contributed by atoms with Crippen molar-refractivity contribution in [1.82, 2.24) is 10.6 Å². The van der Waals surface area contributed by atoms with Crippen LogP contribution < -0.4 is 31.6 Å². The normalized spacial score (nSPS) is 25.1. The molecule has 2 heterocycles. The molecule has 2 aliphatic heterocycles. The van der Waals surface area contributed by atoms with Crippen molar-refractivity contribution < 1.29 is 9.47 Å². The quantitative estimate of drug-likeness (QED) is 0.445. The maximum Gasteiger partial charge on any atom is 0.153 e. The van der Waals surface area contributed by atoms with Crippen LogP contribution in [0.25, 0.3) is 0 Å². The van der Waals surface area contributed by atoms with Gasteiger partial charge in [-0.1, -0.05) is 18.6 Å². The number of benzene rings is 2. The van der Waals surface area contributed by atoms with E-state index >= 15 is 0 Å². The molecular weight excluding hydrogens is 452 g/mol. The summed E-state index contributed by atoms with van der Waals surface area (Å²) in [6.07, 6.45) is 4.81. The number of nitrogens with two attached hydrogens (primary N) is 2. The zero-order valence-electron chi connectivity index (χ0n) is 21.3. The lowest BCUT2D eigenvalue weighted by molar-refractivity contribution is 0.252. The molecule has 4 atom stereocenters. The van der Waals surface area contributed by atoms with Gasteiger partial charge in [0.25, 0.3) is 0 Å². The van der Waals surface area contributed by atoms with Crippen molar-refractivity contribution in [2.75, 3.05) is 13.1 Å². The van der Waals surface area contributed by atoms with E-state index < -0.39 is 0 Å². The predicted octanol–water partition coefficient (Wildman–Crippen LogP) is 3.91. The topological polar surface area (TPSA) is 119 Å². The molecule has 4 unspecified atom stereocenters. The van der Waals surface area contributed by atoms with Crippen LogP contribution in [0.1, 0.15) is 50.7 Å². The summed E-state index contributed by atoms with van der Waals surface area (Å²) >= 11 is 0. The van der Waals surface area contributed by atoms with Crippen molar-refractivity contribution in [3.05, 3.63) is 47.5 Å². The first kappa shape index (κ1) is 24.6. The maximum absolute atomic E-state index is 5.95. The largest absolute Gasteiger partial charge is 0.481 e. The molecule has 1 fully saturated rings. The average molecular weight is 491 g/mol. The molecule has 36 heavy (non-hydrogen) atoms. The molecule has 0 bridgehead atoms. The Kier molecular flexibility index (Phi) is 7.43. The highest BCUT2D eigenvalue weighted by Crippen LogP contribution is 2.34. The number of fused-ring (bicyclic) bond motifs is 2. The van der Waals surface area contributed by atoms with Crippen molar-refractivity contribution in [2.45, 2.75) is 64.8 Å². The molecule has 192 valence electrons. The van der Waals surface area contributed by atoms with Gasteiger partial charge in [0.2, 0.25) is 0 Å². The Hall–Kier alpha value is -3.10. The van der Waals surface area contributed by atoms with Crippen molar-refractivity contribution >= 4 is 23.0 Å². The van der Waals surface area contributed by atoms with Gasteiger partial charge in [-0.25, -0.2) is 9.98 Å². The van der Waals surface area contributed by atoms with Crippen LogP contribution in [0.15, 0.2) is 46.4 Å². The second-order valence-corrected chi connectivity index (χ2v) is 10.4. The van der Waals surface area contributed by atoms with Crippen LogP contribution in [0.3, 0.4) is 0 Å². The van der Waals surface area contributed by atoms with Gasteiger partial charge in [-0.2, -0.15) is 0 Å². The van der Waals surface area contributed by atoms with Crippen LogP contribution in [-0.2, 0) is 13.1 Å². The van der Waals surface area contributed by atoms with Gasteiger partial charge in [0, 0.05) is 13.1 Å². The van der Waals surface area contributed by atoms with Gasteiger partial charge in [0.05, 0.1) is 0 Å². The number of hydrogen-bond donors (Lipinski definition) is 4. The lowest BCUT2D eigenvalue weighted by Crippen LogP contribution is -2.33. The minimum absolute atomic E-state index is 0.166. The van der Waals surface area contributed by atoms with E-state index in [0.717, 1.165) is 49.1 Å². The summed E-state index contributed by atoms with van der Waals surface area (Å²) in [6, 6.07) is 12.4. The van der Waals surface area contributed by atoms with E-state index in [2.05, 4.69) is 44.9 Å². The summed E-state index contributed by atoms with van der Waals surface area (Å²) in [5, 5.41) is 7.32. The number of ether oxygens (including phenoxy) is 2. The third-order valence-electron chi connectivity index (χ3n) is 7.40. The molecule has 8 heteroatoms. The van der Waals surface area contributed by atoms with E-state index in [-0.39, 0.29) is 12.2 Å². The van der Waals surface area contributed by atoms with Crippen molar-refractivity contribution in [3.8, 4) is 11.5 Å². The lowest BCUT2D eigenvalue weighted by Gasteiger charge is -2.29. The van der Waals surface area contributed by atoms with Gasteiger partial charge in [0.1, 0.15) is 34.5 Å². The zero-order valence-corrected chi connectivity index (χ0v) is 21.3. The van der Waals surface area contributed by atoms with Crippen LogP contribution in [0.2, 0.25) is 0 Å². The molecule has 5 rings (SSSR count). The number of aliphatic imine (C=N–C) groups is 2. The van der Waals surface area contributed by atoms with Crippen molar-refractivity contribution in [1.29, 1.82) is 0 Å². The van der Waals surface area contributed by atoms with Gasteiger partial charge in [-0.15, -0.1) is 0 Å². The van der Waals surface area contributed by atoms with Gasteiger partial charge in [0.15, 0.2) is 12.2 Å². The zero-order chi connectivity index (χ0) is 25.1. The molecule has 0 spiro atoms. The number of nitrogens with zero attached hydrogens (tertiary/aromatic N) is 2. The Balaban J connectivity index is 1.05. The molecule has 1 aliphatic carbocycles. The summed E-state index contributed by atoms with van der Waals surface area (Å²) in [6.45, 7) is 7.56. The fourth-order valence-electron chi connectivity index (χ4n) is 5.30. The average Bonchev–Trinajstić information content (AvgIpc) is 2.86. The third-order valence-corrected chi connectivity index (χ3v) is 7.40. The van der Waals surface area contributed by atoms with Crippen molar-refractivity contribution in [2.24, 2.45) is 33.3 Å². The van der Waals surface area contributed by atoms with Gasteiger partial charge < -0.3 is 31.6 Å². The number of amidine groups is 2. The highest BCUT2D eigenvalue weighted by atomic mass is 16.5. The minimum atomic E-state index is -0.166. The molecule has 2 aromatic carbocycles. The molecule has 0 radical (unpaired) electrons. The Morgan fingerprint density at radius 3 is 1.72 bits per heavy atom. The lowest BCUT2D eigenvalue weighted by atomic mass is 9.81. The van der Waals surface area contributed by atoms with E-state index in [0.29, 0.717) is 23.5 Å². The molecule has 1 saturated carbocycles. The Morgan fingerprint density at radius 2 is 1.25 bits per heavy atom. The smallest absolute Gasteiger partial charge is 0.153 e. The molecule has 2 aromatic rings. The van der Waals surface area contributed by atoms with Crippen LogP contribution in [-0.4, -0.2) is 37.0 Å². The van der Waals surface area contributed by atoms with E-state index in [9.17, 15) is 0 Å². The summed E-state index contributed by atoms with van der Waals surface area (Å²) < 4.78 is 11.6. The Labute approximate surface area is 213 Å². The minimum Gasteiger partial charge on any atom is -0.481 e. The molecule has 0 saturated heterocycles. The first-order chi connectivity index (χ1) is 17.4. The van der Waals surface area contributed by atoms with Crippen LogP contribution in [0.4, 0.5) is 11.4 Å². The second kappa shape index (κ2) is 10.9. The Bertz CT molecular complexity index is 1060. The molecule has 0 amide bonds. The number of hydrogen-bond acceptors (Lipinski definition) is 8. The molecule has 0 aromatic heterocycles. The first-order valence-electron chi connectivity index (χ1n) is 13.1. The van der Waals surface area contributed by atoms with Gasteiger partial charge >= 0.3 is 0 Å².